The topological polar surface area (TPSA) is 107 Å². The zero-order valence-electron chi connectivity index (χ0n) is 27.6. The largest absolute Gasteiger partial charge is 0.506 e. The summed E-state index contributed by atoms with van der Waals surface area (Å²) in [5.74, 6) is -1.52. The third kappa shape index (κ3) is 5.60. The molecule has 10 heteroatoms. The van der Waals surface area contributed by atoms with Crippen molar-refractivity contribution in [2.75, 3.05) is 21.0 Å². The number of aliphatic hydroxyl groups excluding tert-OH is 1. The highest BCUT2D eigenvalue weighted by molar-refractivity contribution is 6.74. The molecule has 0 spiro atoms. The van der Waals surface area contributed by atoms with E-state index in [2.05, 4.69) is 50.6 Å². The number of hydrogen-bond acceptors (Lipinski definition) is 6. The second-order valence-electron chi connectivity index (χ2n) is 13.7. The van der Waals surface area contributed by atoms with Crippen LogP contribution in [0.5, 0.6) is 11.5 Å². The van der Waals surface area contributed by atoms with Crippen molar-refractivity contribution in [3.05, 3.63) is 76.2 Å². The summed E-state index contributed by atoms with van der Waals surface area (Å²) in [5, 5.41) is 22.9. The predicted molar refractivity (Wildman–Crippen MR) is 176 cm³/mol. The molecule has 1 aromatic heterocycles. The van der Waals surface area contributed by atoms with Gasteiger partial charge in [0.2, 0.25) is 5.57 Å². The third-order valence-corrected chi connectivity index (χ3v) is 14.4. The number of aryl methyl sites for hydroxylation is 2. The molecule has 2 N–H and O–H groups in total. The number of benzene rings is 2. The van der Waals surface area contributed by atoms with Gasteiger partial charge in [0, 0.05) is 41.3 Å². The lowest BCUT2D eigenvalue weighted by Gasteiger charge is -2.45. The van der Waals surface area contributed by atoms with Crippen molar-refractivity contribution in [2.24, 2.45) is 7.05 Å². The maximum absolute atomic E-state index is 14.9. The number of amides is 1. The minimum absolute atomic E-state index is 0.0514. The number of carboxylic acid groups (broad SMARTS) is 1. The average Bonchev–Trinajstić information content (AvgIpc) is 3.33. The third-order valence-electron chi connectivity index (χ3n) is 9.93. The summed E-state index contributed by atoms with van der Waals surface area (Å²) < 4.78 is 19.7. The Balaban J connectivity index is 1.87. The second-order valence-corrected chi connectivity index (χ2v) is 18.5. The number of carboxylic acids is 1. The smallest absolute Gasteiger partial charge is 0.364 e. The number of ether oxygens (including phenoxy) is 2. The van der Waals surface area contributed by atoms with E-state index in [4.69, 9.17) is 13.9 Å². The van der Waals surface area contributed by atoms with Crippen LogP contribution in [0.3, 0.4) is 0 Å². The van der Waals surface area contributed by atoms with E-state index < -0.39 is 36.0 Å². The van der Waals surface area contributed by atoms with Crippen molar-refractivity contribution in [3.8, 4) is 11.5 Å². The minimum atomic E-state index is -2.47. The van der Waals surface area contributed by atoms with Gasteiger partial charge in [-0.05, 0) is 79.7 Å². The first-order valence-corrected chi connectivity index (χ1v) is 18.3. The highest BCUT2D eigenvalue weighted by atomic mass is 28.4. The van der Waals surface area contributed by atoms with E-state index in [-0.39, 0.29) is 18.3 Å². The number of allylic oxidation sites excluding steroid dienone is 1. The van der Waals surface area contributed by atoms with Gasteiger partial charge in [-0.25, -0.2) is 9.59 Å². The molecule has 45 heavy (non-hydrogen) atoms. The fraction of sp³-hybridized carbons (Fsp3) is 0.429. The number of rotatable bonds is 8. The van der Waals surface area contributed by atoms with Crippen molar-refractivity contribution in [1.82, 2.24) is 4.57 Å². The molecular formula is C35H45N2O7Si+. The highest BCUT2D eigenvalue weighted by Crippen LogP contribution is 2.48. The number of quaternary nitrogens is 1. The molecule has 1 amide bonds. The number of carbonyl (C=O) groups excluding carboxylic acids is 1. The molecule has 5 rings (SSSR count). The Kier molecular flexibility index (Phi) is 8.54. The summed E-state index contributed by atoms with van der Waals surface area (Å²) in [6.45, 7) is 10.6. The van der Waals surface area contributed by atoms with Gasteiger partial charge in [-0.1, -0.05) is 20.8 Å². The number of fused-ring (bicyclic) bond motifs is 3. The van der Waals surface area contributed by atoms with E-state index in [1.54, 1.807) is 26.4 Å². The molecule has 0 radical (unpaired) electrons. The van der Waals surface area contributed by atoms with Crippen LogP contribution in [0.15, 0.2) is 59.5 Å². The number of aromatic nitrogens is 1. The Morgan fingerprint density at radius 2 is 1.76 bits per heavy atom. The van der Waals surface area contributed by atoms with Gasteiger partial charge in [-0.3, -0.25) is 0 Å². The molecule has 1 aliphatic carbocycles. The van der Waals surface area contributed by atoms with E-state index in [1.165, 1.54) is 0 Å². The van der Waals surface area contributed by atoms with Gasteiger partial charge in [-0.15, -0.1) is 0 Å². The first kappa shape index (κ1) is 32.5. The number of aliphatic carboxylic acids is 1. The summed E-state index contributed by atoms with van der Waals surface area (Å²) in [7, 11) is 2.67. The molecule has 9 nitrogen and oxygen atoms in total. The van der Waals surface area contributed by atoms with Crippen molar-refractivity contribution < 1.29 is 38.2 Å². The van der Waals surface area contributed by atoms with Crippen LogP contribution in [-0.2, 0) is 34.0 Å². The second kappa shape index (κ2) is 11.8. The Labute approximate surface area is 266 Å². The molecule has 0 fully saturated rings. The number of nitrogens with zero attached hydrogens (tertiary/aromatic N) is 2. The average molecular weight is 634 g/mol. The van der Waals surface area contributed by atoms with Crippen LogP contribution in [0.4, 0.5) is 0 Å². The summed E-state index contributed by atoms with van der Waals surface area (Å²) in [6, 6.07) is 11.7. The van der Waals surface area contributed by atoms with E-state index in [0.717, 1.165) is 41.3 Å². The van der Waals surface area contributed by atoms with E-state index in [1.807, 2.05) is 25.4 Å². The Bertz CT molecular complexity index is 1740. The summed E-state index contributed by atoms with van der Waals surface area (Å²) in [4.78, 5) is 27.7. The van der Waals surface area contributed by atoms with Crippen LogP contribution >= 0.6 is 0 Å². The van der Waals surface area contributed by atoms with Crippen molar-refractivity contribution in [1.29, 1.82) is 0 Å². The lowest BCUT2D eigenvalue weighted by atomic mass is 9.84. The molecule has 1 atom stereocenters. The SMILES string of the molecule is COc1ccc(C[N+]2(CO[Si](C)(C)C(C)(C)C)C(=O)C(C(=O)O)=C(O)C3=C2c2cc4ccn(C)c4cc2CCCC3)c(OC)c1. The maximum atomic E-state index is 14.9. The zero-order valence-corrected chi connectivity index (χ0v) is 28.6. The zero-order chi connectivity index (χ0) is 32.9. The maximum Gasteiger partial charge on any atom is 0.364 e. The molecule has 2 aromatic carbocycles. The molecule has 1 unspecified atom stereocenters. The van der Waals surface area contributed by atoms with E-state index in [9.17, 15) is 19.8 Å². The first-order valence-electron chi connectivity index (χ1n) is 15.4. The summed E-state index contributed by atoms with van der Waals surface area (Å²) in [5.41, 5.74) is 4.10. The van der Waals surface area contributed by atoms with Crippen LogP contribution < -0.4 is 9.47 Å². The van der Waals surface area contributed by atoms with Crippen molar-refractivity contribution in [3.63, 3.8) is 0 Å². The molecule has 240 valence electrons. The fourth-order valence-electron chi connectivity index (χ4n) is 6.25. The highest BCUT2D eigenvalue weighted by Gasteiger charge is 2.55. The molecule has 0 bridgehead atoms. The molecule has 2 aliphatic rings. The number of aliphatic hydroxyl groups is 1. The molecule has 1 aliphatic heterocycles. The van der Waals surface area contributed by atoms with Gasteiger partial charge >= 0.3 is 11.9 Å². The number of methoxy groups -OCH3 is 2. The predicted octanol–water partition coefficient (Wildman–Crippen LogP) is 7.07. The summed E-state index contributed by atoms with van der Waals surface area (Å²) in [6.07, 6.45) is 4.80. The van der Waals surface area contributed by atoms with Gasteiger partial charge in [0.05, 0.1) is 19.8 Å². The fourth-order valence-corrected chi connectivity index (χ4v) is 7.22. The first-order chi connectivity index (χ1) is 21.1. The van der Waals surface area contributed by atoms with Gasteiger partial charge in [0.15, 0.2) is 20.7 Å². The summed E-state index contributed by atoms with van der Waals surface area (Å²) >= 11 is 0. The van der Waals surface area contributed by atoms with Crippen molar-refractivity contribution in [2.45, 2.75) is 71.1 Å². The minimum Gasteiger partial charge on any atom is -0.506 e. The van der Waals surface area contributed by atoms with Gasteiger partial charge < -0.3 is 28.7 Å². The van der Waals surface area contributed by atoms with Gasteiger partial charge in [0.1, 0.15) is 23.8 Å². The van der Waals surface area contributed by atoms with Crippen molar-refractivity contribution >= 4 is 36.8 Å². The van der Waals surface area contributed by atoms with E-state index in [0.29, 0.717) is 34.8 Å². The number of hydrogen-bond donors (Lipinski definition) is 2. The molecular weight excluding hydrogens is 588 g/mol. The Morgan fingerprint density at radius 3 is 2.40 bits per heavy atom. The number of carbonyl (C=O) groups is 2. The molecule has 3 aromatic rings. The van der Waals surface area contributed by atoms with Crippen LogP contribution in [0.1, 0.15) is 56.7 Å². The monoisotopic (exact) mass is 633 g/mol. The quantitative estimate of drug-likeness (QED) is 0.155. The van der Waals surface area contributed by atoms with Gasteiger partial charge in [-0.2, -0.15) is 4.48 Å². The molecule has 0 saturated carbocycles. The van der Waals surface area contributed by atoms with Crippen LogP contribution in [0.25, 0.3) is 16.6 Å². The lowest BCUT2D eigenvalue weighted by Crippen LogP contribution is -2.58. The van der Waals surface area contributed by atoms with E-state index >= 15 is 0 Å². The standard InChI is InChI=1S/C35H44N2O7Si/c1-35(2,3)45(7,8)44-21-37(20-24-13-14-25(42-5)19-29(24)43-6)31-26(32(38)30(33(37)39)34(40)41)12-10-9-11-22-18-28-23(17-27(22)31)15-16-36(28)4/h13-19H,9-12,20-21H2,1-8H3,(H-,38,39,40,41)/p+1. The lowest BCUT2D eigenvalue weighted by molar-refractivity contribution is -0.815. The van der Waals surface area contributed by atoms with Crippen LogP contribution in [0, 0.1) is 0 Å². The Hall–Kier alpha value is -3.86. The van der Waals surface area contributed by atoms with Gasteiger partial charge in [0.25, 0.3) is 0 Å². The molecule has 2 heterocycles. The van der Waals surface area contributed by atoms with Crippen LogP contribution in [-0.4, -0.2) is 60.4 Å². The van der Waals surface area contributed by atoms with Crippen LogP contribution in [0.2, 0.25) is 18.1 Å². The normalized spacial score (nSPS) is 19.2. The Morgan fingerprint density at radius 1 is 1.04 bits per heavy atom. The molecule has 0 saturated heterocycles.